The molecule has 0 atom stereocenters. The third-order valence-corrected chi connectivity index (χ3v) is 2.77. The Bertz CT molecular complexity index is 608. The van der Waals surface area contributed by atoms with Crippen molar-refractivity contribution in [3.63, 3.8) is 0 Å². The standard InChI is InChI=1S/C16H15NO4/c1-20-15(18)13-7-9-14(10-8-13)17-16(19)21-11-12-5-3-2-4-6-12/h2-10H,11H2,1H3,(H,17,19). The highest BCUT2D eigenvalue weighted by Crippen LogP contribution is 2.11. The van der Waals surface area contributed by atoms with Crippen molar-refractivity contribution in [3.8, 4) is 0 Å². The van der Waals surface area contributed by atoms with Crippen molar-refractivity contribution >= 4 is 17.7 Å². The van der Waals surface area contributed by atoms with Crippen LogP contribution < -0.4 is 5.32 Å². The van der Waals surface area contributed by atoms with Gasteiger partial charge in [-0.1, -0.05) is 30.3 Å². The average Bonchev–Trinajstić information content (AvgIpc) is 2.54. The van der Waals surface area contributed by atoms with Crippen LogP contribution in [-0.2, 0) is 16.1 Å². The van der Waals surface area contributed by atoms with Gasteiger partial charge in [-0.15, -0.1) is 0 Å². The summed E-state index contributed by atoms with van der Waals surface area (Å²) in [6.45, 7) is 0.201. The van der Waals surface area contributed by atoms with Gasteiger partial charge in [-0.2, -0.15) is 0 Å². The summed E-state index contributed by atoms with van der Waals surface area (Å²) < 4.78 is 9.68. The quantitative estimate of drug-likeness (QED) is 0.876. The third-order valence-electron chi connectivity index (χ3n) is 2.77. The first kappa shape index (κ1) is 14.6. The fourth-order valence-corrected chi connectivity index (χ4v) is 1.68. The van der Waals surface area contributed by atoms with Gasteiger partial charge in [-0.3, -0.25) is 5.32 Å². The molecule has 21 heavy (non-hydrogen) atoms. The van der Waals surface area contributed by atoms with Gasteiger partial charge in [0, 0.05) is 5.69 Å². The van der Waals surface area contributed by atoms with Crippen LogP contribution in [-0.4, -0.2) is 19.2 Å². The fraction of sp³-hybridized carbons (Fsp3) is 0.125. The van der Waals surface area contributed by atoms with Crippen molar-refractivity contribution in [2.24, 2.45) is 0 Å². The lowest BCUT2D eigenvalue weighted by molar-refractivity contribution is 0.0600. The SMILES string of the molecule is COC(=O)c1ccc(NC(=O)OCc2ccccc2)cc1. The van der Waals surface area contributed by atoms with Crippen molar-refractivity contribution in [3.05, 3.63) is 65.7 Å². The van der Waals surface area contributed by atoms with Gasteiger partial charge in [0.2, 0.25) is 0 Å². The van der Waals surface area contributed by atoms with E-state index in [2.05, 4.69) is 10.1 Å². The van der Waals surface area contributed by atoms with E-state index in [4.69, 9.17) is 4.74 Å². The summed E-state index contributed by atoms with van der Waals surface area (Å²) in [7, 11) is 1.31. The van der Waals surface area contributed by atoms with Gasteiger partial charge in [0.25, 0.3) is 0 Å². The molecule has 0 fully saturated rings. The number of carbonyl (C=O) groups is 2. The van der Waals surface area contributed by atoms with Gasteiger partial charge in [0.1, 0.15) is 6.61 Å². The number of benzene rings is 2. The first-order chi connectivity index (χ1) is 10.2. The molecule has 2 rings (SSSR count). The molecule has 0 radical (unpaired) electrons. The Morgan fingerprint density at radius 3 is 2.29 bits per heavy atom. The first-order valence-electron chi connectivity index (χ1n) is 6.35. The molecule has 0 saturated carbocycles. The van der Waals surface area contributed by atoms with Crippen molar-refractivity contribution in [2.45, 2.75) is 6.61 Å². The Labute approximate surface area is 122 Å². The Morgan fingerprint density at radius 1 is 1.00 bits per heavy atom. The summed E-state index contributed by atoms with van der Waals surface area (Å²) in [4.78, 5) is 22.9. The second kappa shape index (κ2) is 7.09. The Kier molecular flexibility index (Phi) is 4.93. The number of methoxy groups -OCH3 is 1. The topological polar surface area (TPSA) is 64.6 Å². The predicted molar refractivity (Wildman–Crippen MR) is 78.0 cm³/mol. The van der Waals surface area contributed by atoms with Gasteiger partial charge < -0.3 is 9.47 Å². The summed E-state index contributed by atoms with van der Waals surface area (Å²) in [5.74, 6) is -0.423. The van der Waals surface area contributed by atoms with Crippen LogP contribution >= 0.6 is 0 Å². The minimum absolute atomic E-state index is 0.201. The fourth-order valence-electron chi connectivity index (χ4n) is 1.68. The second-order valence-corrected chi connectivity index (χ2v) is 4.26. The third kappa shape index (κ3) is 4.35. The molecule has 0 aliphatic rings. The van der Waals surface area contributed by atoms with Gasteiger partial charge in [0.05, 0.1) is 12.7 Å². The highest BCUT2D eigenvalue weighted by Gasteiger charge is 2.07. The number of hydrogen-bond donors (Lipinski definition) is 1. The molecule has 0 spiro atoms. The van der Waals surface area contributed by atoms with Gasteiger partial charge in [-0.25, -0.2) is 9.59 Å². The van der Waals surface area contributed by atoms with E-state index in [-0.39, 0.29) is 6.61 Å². The van der Waals surface area contributed by atoms with Gasteiger partial charge in [-0.05, 0) is 29.8 Å². The number of anilines is 1. The predicted octanol–water partition coefficient (Wildman–Crippen LogP) is 3.22. The minimum atomic E-state index is -0.551. The summed E-state index contributed by atoms with van der Waals surface area (Å²) in [6.07, 6.45) is -0.551. The molecule has 0 bridgehead atoms. The van der Waals surface area contributed by atoms with E-state index in [1.54, 1.807) is 24.3 Å². The molecule has 5 heteroatoms. The maximum Gasteiger partial charge on any atom is 0.411 e. The molecular weight excluding hydrogens is 270 g/mol. The van der Waals surface area contributed by atoms with E-state index >= 15 is 0 Å². The van der Waals surface area contributed by atoms with Gasteiger partial charge in [0.15, 0.2) is 0 Å². The molecule has 0 aromatic heterocycles. The maximum absolute atomic E-state index is 11.6. The van der Waals surface area contributed by atoms with Crippen LogP contribution in [0.15, 0.2) is 54.6 Å². The van der Waals surface area contributed by atoms with E-state index in [1.165, 1.54) is 7.11 Å². The lowest BCUT2D eigenvalue weighted by atomic mass is 10.2. The number of nitrogens with one attached hydrogen (secondary N) is 1. The lowest BCUT2D eigenvalue weighted by Gasteiger charge is -2.07. The molecule has 1 amide bonds. The van der Waals surface area contributed by atoms with Crippen molar-refractivity contribution in [2.75, 3.05) is 12.4 Å². The number of esters is 1. The van der Waals surface area contributed by atoms with Crippen molar-refractivity contribution < 1.29 is 19.1 Å². The zero-order chi connectivity index (χ0) is 15.1. The van der Waals surface area contributed by atoms with E-state index in [0.717, 1.165) is 5.56 Å². The second-order valence-electron chi connectivity index (χ2n) is 4.26. The molecule has 2 aromatic rings. The molecule has 5 nitrogen and oxygen atoms in total. The summed E-state index contributed by atoms with van der Waals surface area (Å²) >= 11 is 0. The van der Waals surface area contributed by atoms with E-state index in [0.29, 0.717) is 11.3 Å². The largest absolute Gasteiger partial charge is 0.465 e. The zero-order valence-electron chi connectivity index (χ0n) is 11.5. The van der Waals surface area contributed by atoms with Crippen LogP contribution in [0.25, 0.3) is 0 Å². The van der Waals surface area contributed by atoms with Crippen molar-refractivity contribution in [1.29, 1.82) is 0 Å². The monoisotopic (exact) mass is 285 g/mol. The Balaban J connectivity index is 1.86. The van der Waals surface area contributed by atoms with Crippen LogP contribution in [0.2, 0.25) is 0 Å². The highest BCUT2D eigenvalue weighted by atomic mass is 16.5. The Morgan fingerprint density at radius 2 is 1.67 bits per heavy atom. The van der Waals surface area contributed by atoms with Crippen LogP contribution in [0.1, 0.15) is 15.9 Å². The average molecular weight is 285 g/mol. The molecule has 0 heterocycles. The van der Waals surface area contributed by atoms with E-state index < -0.39 is 12.1 Å². The van der Waals surface area contributed by atoms with E-state index in [9.17, 15) is 9.59 Å². The first-order valence-corrected chi connectivity index (χ1v) is 6.35. The smallest absolute Gasteiger partial charge is 0.411 e. The zero-order valence-corrected chi connectivity index (χ0v) is 11.5. The van der Waals surface area contributed by atoms with Crippen LogP contribution in [0, 0.1) is 0 Å². The summed E-state index contributed by atoms with van der Waals surface area (Å²) in [5, 5.41) is 2.58. The molecule has 2 aromatic carbocycles. The molecule has 0 saturated heterocycles. The molecule has 0 unspecified atom stereocenters. The van der Waals surface area contributed by atoms with Crippen LogP contribution in [0.5, 0.6) is 0 Å². The number of carbonyl (C=O) groups excluding carboxylic acids is 2. The van der Waals surface area contributed by atoms with Crippen LogP contribution in [0.4, 0.5) is 10.5 Å². The molecule has 1 N–H and O–H groups in total. The molecule has 108 valence electrons. The number of rotatable bonds is 4. The number of amides is 1. The number of hydrogen-bond acceptors (Lipinski definition) is 4. The van der Waals surface area contributed by atoms with Crippen LogP contribution in [0.3, 0.4) is 0 Å². The molecular formula is C16H15NO4. The number of ether oxygens (including phenoxy) is 2. The summed E-state index contributed by atoms with van der Waals surface area (Å²) in [6, 6.07) is 15.7. The Hall–Kier alpha value is -2.82. The lowest BCUT2D eigenvalue weighted by Crippen LogP contribution is -2.13. The van der Waals surface area contributed by atoms with Crippen molar-refractivity contribution in [1.82, 2.24) is 0 Å². The maximum atomic E-state index is 11.6. The molecule has 0 aliphatic carbocycles. The molecule has 0 aliphatic heterocycles. The summed E-state index contributed by atoms with van der Waals surface area (Å²) in [5.41, 5.74) is 1.87. The normalized spacial score (nSPS) is 9.76. The minimum Gasteiger partial charge on any atom is -0.465 e. The van der Waals surface area contributed by atoms with Gasteiger partial charge >= 0.3 is 12.1 Å². The van der Waals surface area contributed by atoms with E-state index in [1.807, 2.05) is 30.3 Å². The highest BCUT2D eigenvalue weighted by molar-refractivity contribution is 5.90.